The van der Waals surface area contributed by atoms with E-state index >= 15 is 0 Å². The van der Waals surface area contributed by atoms with Crippen LogP contribution in [0.1, 0.15) is 24.2 Å². The molecule has 2 aliphatic heterocycles. The maximum atomic E-state index is 13.1. The van der Waals surface area contributed by atoms with E-state index in [1.165, 1.54) is 0 Å². The molecule has 33 heavy (non-hydrogen) atoms. The fourth-order valence-electron chi connectivity index (χ4n) is 3.89. The van der Waals surface area contributed by atoms with Gasteiger partial charge in [0.1, 0.15) is 24.7 Å². The van der Waals surface area contributed by atoms with Crippen molar-refractivity contribution in [1.82, 2.24) is 19.9 Å². The number of fused-ring (bicyclic) bond motifs is 2. The number of aromatic amines is 1. The van der Waals surface area contributed by atoms with Crippen molar-refractivity contribution in [2.75, 3.05) is 56.7 Å². The van der Waals surface area contributed by atoms with Gasteiger partial charge in [0.05, 0.1) is 29.9 Å². The maximum Gasteiger partial charge on any atom is 0.257 e. The standard InChI is InChI=1S/C23H28N6O4/c1-14(2)13-25-21-16-5-6-24-20(16)27-23(28-21)26-17-4-3-15(18-19(17)33-12-11-32-18)22(30)29-7-9-31-10-8-29/h3-6,14H,7-13H2,1-2H3,(H3,24,25,26,27,28). The Kier molecular flexibility index (Phi) is 5.91. The number of morpholine rings is 1. The van der Waals surface area contributed by atoms with Crippen molar-refractivity contribution >= 4 is 34.4 Å². The Balaban J connectivity index is 1.46. The minimum atomic E-state index is -0.0872. The zero-order valence-corrected chi connectivity index (χ0v) is 18.8. The predicted octanol–water partition coefficient (Wildman–Crippen LogP) is 3.01. The van der Waals surface area contributed by atoms with E-state index in [2.05, 4.69) is 39.4 Å². The zero-order chi connectivity index (χ0) is 22.8. The van der Waals surface area contributed by atoms with Crippen LogP contribution in [0.3, 0.4) is 0 Å². The molecule has 4 heterocycles. The van der Waals surface area contributed by atoms with Crippen LogP contribution in [0.5, 0.6) is 11.5 Å². The summed E-state index contributed by atoms with van der Waals surface area (Å²) in [5.41, 5.74) is 1.85. The number of hydrogen-bond acceptors (Lipinski definition) is 8. The van der Waals surface area contributed by atoms with Crippen molar-refractivity contribution in [2.45, 2.75) is 13.8 Å². The molecule has 0 bridgehead atoms. The largest absolute Gasteiger partial charge is 0.485 e. The molecule has 1 fully saturated rings. The van der Waals surface area contributed by atoms with Crippen LogP contribution in [-0.4, -0.2) is 71.8 Å². The number of H-pyrrole nitrogens is 1. The molecule has 10 nitrogen and oxygen atoms in total. The summed E-state index contributed by atoms with van der Waals surface area (Å²) in [4.78, 5) is 27.3. The van der Waals surface area contributed by atoms with Crippen LogP contribution in [0, 0.1) is 5.92 Å². The molecule has 174 valence electrons. The van der Waals surface area contributed by atoms with Gasteiger partial charge in [-0.1, -0.05) is 13.8 Å². The molecule has 0 unspecified atom stereocenters. The molecule has 2 aliphatic rings. The van der Waals surface area contributed by atoms with Crippen LogP contribution in [0.2, 0.25) is 0 Å². The van der Waals surface area contributed by atoms with Crippen LogP contribution in [0.15, 0.2) is 24.4 Å². The summed E-state index contributed by atoms with van der Waals surface area (Å²) in [6.07, 6.45) is 1.84. The Morgan fingerprint density at radius 1 is 1.09 bits per heavy atom. The number of aromatic nitrogens is 3. The Morgan fingerprint density at radius 2 is 1.88 bits per heavy atom. The minimum absolute atomic E-state index is 0.0872. The Hall–Kier alpha value is -3.53. The van der Waals surface area contributed by atoms with Crippen LogP contribution >= 0.6 is 0 Å². The second-order valence-electron chi connectivity index (χ2n) is 8.46. The summed E-state index contributed by atoms with van der Waals surface area (Å²) in [6.45, 7) is 8.06. The average molecular weight is 453 g/mol. The van der Waals surface area contributed by atoms with Gasteiger partial charge >= 0.3 is 0 Å². The smallest absolute Gasteiger partial charge is 0.257 e. The number of ether oxygens (including phenoxy) is 3. The van der Waals surface area contributed by atoms with Gasteiger partial charge < -0.3 is 34.7 Å². The third-order valence-corrected chi connectivity index (χ3v) is 5.56. The van der Waals surface area contributed by atoms with Gasteiger partial charge in [0, 0.05) is 25.8 Å². The van der Waals surface area contributed by atoms with Crippen molar-refractivity contribution in [3.8, 4) is 11.5 Å². The van der Waals surface area contributed by atoms with Gasteiger partial charge in [-0.25, -0.2) is 0 Å². The molecule has 5 rings (SSSR count). The molecule has 1 aromatic carbocycles. The van der Waals surface area contributed by atoms with Crippen LogP contribution in [0.25, 0.3) is 11.0 Å². The fraction of sp³-hybridized carbons (Fsp3) is 0.435. The highest BCUT2D eigenvalue weighted by atomic mass is 16.6. The van der Waals surface area contributed by atoms with E-state index in [9.17, 15) is 4.79 Å². The quantitative estimate of drug-likeness (QED) is 0.523. The highest BCUT2D eigenvalue weighted by molar-refractivity contribution is 5.99. The van der Waals surface area contributed by atoms with Gasteiger partial charge in [0.25, 0.3) is 5.91 Å². The molecule has 1 amide bonds. The number of rotatable bonds is 6. The Morgan fingerprint density at radius 3 is 2.67 bits per heavy atom. The van der Waals surface area contributed by atoms with Gasteiger partial charge in [-0.2, -0.15) is 9.97 Å². The molecule has 0 spiro atoms. The van der Waals surface area contributed by atoms with Gasteiger partial charge in [-0.15, -0.1) is 0 Å². The third kappa shape index (κ3) is 4.38. The van der Waals surface area contributed by atoms with Gasteiger partial charge in [0.15, 0.2) is 11.5 Å². The first-order chi connectivity index (χ1) is 16.1. The average Bonchev–Trinajstić information content (AvgIpc) is 3.32. The van der Waals surface area contributed by atoms with E-state index in [0.29, 0.717) is 74.1 Å². The third-order valence-electron chi connectivity index (χ3n) is 5.56. The molecule has 3 N–H and O–H groups in total. The van der Waals surface area contributed by atoms with Gasteiger partial charge in [0.2, 0.25) is 5.95 Å². The topological polar surface area (TPSA) is 114 Å². The second kappa shape index (κ2) is 9.14. The number of benzene rings is 1. The summed E-state index contributed by atoms with van der Waals surface area (Å²) in [6, 6.07) is 5.52. The van der Waals surface area contributed by atoms with E-state index in [-0.39, 0.29) is 5.91 Å². The van der Waals surface area contributed by atoms with E-state index in [1.54, 1.807) is 11.0 Å². The Labute approximate surface area is 191 Å². The Bertz CT molecular complexity index is 1160. The molecule has 2 aromatic heterocycles. The maximum absolute atomic E-state index is 13.1. The lowest BCUT2D eigenvalue weighted by Gasteiger charge is -2.29. The number of carbonyl (C=O) groups excluding carboxylic acids is 1. The van der Waals surface area contributed by atoms with Crippen molar-refractivity contribution < 1.29 is 19.0 Å². The van der Waals surface area contributed by atoms with E-state index in [1.807, 2.05) is 18.3 Å². The number of amides is 1. The molecule has 1 saturated heterocycles. The molecule has 3 aromatic rings. The molecule has 0 atom stereocenters. The van der Waals surface area contributed by atoms with Crippen molar-refractivity contribution in [1.29, 1.82) is 0 Å². The summed E-state index contributed by atoms with van der Waals surface area (Å²) in [5.74, 6) is 2.49. The number of anilines is 3. The number of nitrogens with zero attached hydrogens (tertiary/aromatic N) is 3. The molecule has 0 aliphatic carbocycles. The summed E-state index contributed by atoms with van der Waals surface area (Å²) in [5, 5.41) is 7.58. The normalized spacial score (nSPS) is 15.7. The van der Waals surface area contributed by atoms with E-state index < -0.39 is 0 Å². The van der Waals surface area contributed by atoms with Gasteiger partial charge in [-0.3, -0.25) is 4.79 Å². The number of hydrogen-bond donors (Lipinski definition) is 3. The monoisotopic (exact) mass is 452 g/mol. The second-order valence-corrected chi connectivity index (χ2v) is 8.46. The lowest BCUT2D eigenvalue weighted by Crippen LogP contribution is -2.41. The molecule has 10 heteroatoms. The first kappa shape index (κ1) is 21.3. The molecular weight excluding hydrogens is 424 g/mol. The SMILES string of the molecule is CC(C)CNc1nc(Nc2ccc(C(=O)N3CCOCC3)c3c2OCCO3)nc2[nH]ccc12. The zero-order valence-electron chi connectivity index (χ0n) is 18.8. The van der Waals surface area contributed by atoms with Crippen LogP contribution in [-0.2, 0) is 4.74 Å². The van der Waals surface area contributed by atoms with Crippen LogP contribution in [0.4, 0.5) is 17.5 Å². The predicted molar refractivity (Wildman–Crippen MR) is 125 cm³/mol. The highest BCUT2D eigenvalue weighted by Crippen LogP contribution is 2.42. The van der Waals surface area contributed by atoms with E-state index in [0.717, 1.165) is 23.4 Å². The number of carbonyl (C=O) groups is 1. The van der Waals surface area contributed by atoms with E-state index in [4.69, 9.17) is 14.2 Å². The highest BCUT2D eigenvalue weighted by Gasteiger charge is 2.28. The molecule has 0 saturated carbocycles. The van der Waals surface area contributed by atoms with Crippen molar-refractivity contribution in [3.05, 3.63) is 30.0 Å². The number of nitrogens with one attached hydrogen (secondary N) is 3. The molecular formula is C23H28N6O4. The van der Waals surface area contributed by atoms with Gasteiger partial charge in [-0.05, 0) is 24.1 Å². The lowest BCUT2D eigenvalue weighted by atomic mass is 10.1. The van der Waals surface area contributed by atoms with Crippen molar-refractivity contribution in [2.24, 2.45) is 5.92 Å². The first-order valence-electron chi connectivity index (χ1n) is 11.3. The van der Waals surface area contributed by atoms with Crippen molar-refractivity contribution in [3.63, 3.8) is 0 Å². The first-order valence-corrected chi connectivity index (χ1v) is 11.3. The van der Waals surface area contributed by atoms with Crippen LogP contribution < -0.4 is 20.1 Å². The summed E-state index contributed by atoms with van der Waals surface area (Å²) >= 11 is 0. The fourth-order valence-corrected chi connectivity index (χ4v) is 3.89. The minimum Gasteiger partial charge on any atom is -0.485 e. The summed E-state index contributed by atoms with van der Waals surface area (Å²) in [7, 11) is 0. The summed E-state index contributed by atoms with van der Waals surface area (Å²) < 4.78 is 17.2. The molecule has 0 radical (unpaired) electrons. The lowest BCUT2D eigenvalue weighted by molar-refractivity contribution is 0.0298.